The minimum Gasteiger partial charge on any atom is -0.383 e. The summed E-state index contributed by atoms with van der Waals surface area (Å²) in [4.78, 5) is 11.2. The molecule has 5 heteroatoms. The molecule has 0 atom stereocenters. The molecule has 0 aromatic carbocycles. The van der Waals surface area contributed by atoms with Crippen molar-refractivity contribution in [3.05, 3.63) is 16.8 Å². The Hall–Kier alpha value is -0.810. The van der Waals surface area contributed by atoms with Crippen LogP contribution in [0.15, 0.2) is 6.07 Å². The second kappa shape index (κ2) is 5.01. The Morgan fingerprint density at radius 2 is 2.19 bits per heavy atom. The Morgan fingerprint density at radius 3 is 2.88 bits per heavy atom. The van der Waals surface area contributed by atoms with Crippen molar-refractivity contribution in [1.82, 2.24) is 9.97 Å². The number of hydrogen-bond acceptors (Lipinski definition) is 5. The predicted octanol–water partition coefficient (Wildman–Crippen LogP) is 3.09. The van der Waals surface area contributed by atoms with E-state index in [-0.39, 0.29) is 0 Å². The van der Waals surface area contributed by atoms with E-state index in [1.165, 1.54) is 4.88 Å². The van der Waals surface area contributed by atoms with Gasteiger partial charge in [-0.1, -0.05) is 13.8 Å². The topological polar surface area (TPSA) is 51.8 Å². The molecular formula is C11H15N3S2. The fourth-order valence-electron chi connectivity index (χ4n) is 1.47. The SMILES string of the molecule is CCSCc1nc(N)c2cc(CC)sc2n1. The largest absolute Gasteiger partial charge is 0.383 e. The van der Waals surface area contributed by atoms with E-state index in [0.29, 0.717) is 5.82 Å². The summed E-state index contributed by atoms with van der Waals surface area (Å²) >= 11 is 3.53. The number of thiophene rings is 1. The number of nitrogens with zero attached hydrogens (tertiary/aromatic N) is 2. The van der Waals surface area contributed by atoms with E-state index in [4.69, 9.17) is 5.73 Å². The van der Waals surface area contributed by atoms with Gasteiger partial charge in [0.15, 0.2) is 0 Å². The van der Waals surface area contributed by atoms with Gasteiger partial charge in [0, 0.05) is 4.88 Å². The zero-order valence-electron chi connectivity index (χ0n) is 9.49. The molecule has 0 fully saturated rings. The lowest BCUT2D eigenvalue weighted by Gasteiger charge is -2.00. The van der Waals surface area contributed by atoms with Gasteiger partial charge in [-0.2, -0.15) is 11.8 Å². The van der Waals surface area contributed by atoms with E-state index in [9.17, 15) is 0 Å². The lowest BCUT2D eigenvalue weighted by Crippen LogP contribution is -1.98. The van der Waals surface area contributed by atoms with Gasteiger partial charge in [-0.15, -0.1) is 11.3 Å². The van der Waals surface area contributed by atoms with Crippen molar-refractivity contribution in [2.24, 2.45) is 0 Å². The lowest BCUT2D eigenvalue weighted by atomic mass is 10.3. The molecule has 86 valence electrons. The van der Waals surface area contributed by atoms with Crippen LogP contribution in [0, 0.1) is 0 Å². The fraction of sp³-hybridized carbons (Fsp3) is 0.455. The van der Waals surface area contributed by atoms with E-state index >= 15 is 0 Å². The smallest absolute Gasteiger partial charge is 0.142 e. The first-order chi connectivity index (χ1) is 7.74. The van der Waals surface area contributed by atoms with Crippen LogP contribution in [0.5, 0.6) is 0 Å². The molecule has 2 aromatic heterocycles. The van der Waals surface area contributed by atoms with Crippen molar-refractivity contribution in [2.45, 2.75) is 26.0 Å². The number of aromatic nitrogens is 2. The molecule has 0 aliphatic carbocycles. The highest BCUT2D eigenvalue weighted by molar-refractivity contribution is 7.98. The van der Waals surface area contributed by atoms with E-state index in [0.717, 1.165) is 34.0 Å². The van der Waals surface area contributed by atoms with Gasteiger partial charge in [0.05, 0.1) is 11.1 Å². The van der Waals surface area contributed by atoms with E-state index in [1.807, 2.05) is 11.8 Å². The Bertz CT molecular complexity index is 493. The molecule has 2 N–H and O–H groups in total. The van der Waals surface area contributed by atoms with Crippen molar-refractivity contribution in [2.75, 3.05) is 11.5 Å². The number of hydrogen-bond donors (Lipinski definition) is 1. The summed E-state index contributed by atoms with van der Waals surface area (Å²) in [6.45, 7) is 4.27. The van der Waals surface area contributed by atoms with Gasteiger partial charge in [-0.3, -0.25) is 0 Å². The van der Waals surface area contributed by atoms with Gasteiger partial charge >= 0.3 is 0 Å². The second-order valence-electron chi connectivity index (χ2n) is 3.45. The standard InChI is InChI=1S/C11H15N3S2/c1-3-7-5-8-10(12)13-9(6-15-4-2)14-11(8)16-7/h5H,3-4,6H2,1-2H3,(H2,12,13,14). The van der Waals surface area contributed by atoms with E-state index < -0.39 is 0 Å². The number of nitrogen functional groups attached to an aromatic ring is 1. The number of anilines is 1. The summed E-state index contributed by atoms with van der Waals surface area (Å²) in [5.74, 6) is 3.39. The summed E-state index contributed by atoms with van der Waals surface area (Å²) in [7, 11) is 0. The molecule has 0 saturated heterocycles. The molecule has 16 heavy (non-hydrogen) atoms. The summed E-state index contributed by atoms with van der Waals surface area (Å²) in [5.41, 5.74) is 5.94. The molecule has 0 radical (unpaired) electrons. The highest BCUT2D eigenvalue weighted by Gasteiger charge is 2.08. The molecule has 2 heterocycles. The molecule has 0 unspecified atom stereocenters. The number of fused-ring (bicyclic) bond motifs is 1. The van der Waals surface area contributed by atoms with Gasteiger partial charge in [0.2, 0.25) is 0 Å². The van der Waals surface area contributed by atoms with Gasteiger partial charge in [-0.25, -0.2) is 9.97 Å². The first kappa shape index (κ1) is 11.7. The Labute approximate surface area is 103 Å². The average Bonchev–Trinajstić information content (AvgIpc) is 2.70. The van der Waals surface area contributed by atoms with Gasteiger partial charge < -0.3 is 5.73 Å². The van der Waals surface area contributed by atoms with Crippen molar-refractivity contribution < 1.29 is 0 Å². The van der Waals surface area contributed by atoms with Crippen molar-refractivity contribution in [1.29, 1.82) is 0 Å². The number of rotatable bonds is 4. The normalized spacial score (nSPS) is 11.1. The Balaban J connectivity index is 2.40. The maximum atomic E-state index is 5.94. The van der Waals surface area contributed by atoms with Gasteiger partial charge in [0.25, 0.3) is 0 Å². The molecule has 0 amide bonds. The third kappa shape index (κ3) is 2.30. The second-order valence-corrected chi connectivity index (χ2v) is 5.84. The van der Waals surface area contributed by atoms with Crippen molar-refractivity contribution in [3.63, 3.8) is 0 Å². The van der Waals surface area contributed by atoms with Gasteiger partial charge in [0.1, 0.15) is 16.5 Å². The number of aryl methyl sites for hydroxylation is 1. The highest BCUT2D eigenvalue weighted by Crippen LogP contribution is 2.28. The van der Waals surface area contributed by atoms with Crippen LogP contribution in [0.4, 0.5) is 5.82 Å². The minimum absolute atomic E-state index is 0.618. The van der Waals surface area contributed by atoms with Crippen molar-refractivity contribution >= 4 is 39.1 Å². The van der Waals surface area contributed by atoms with Crippen LogP contribution in [0.25, 0.3) is 10.2 Å². The maximum absolute atomic E-state index is 5.94. The van der Waals surface area contributed by atoms with Crippen LogP contribution in [0.2, 0.25) is 0 Å². The number of thioether (sulfide) groups is 1. The fourth-order valence-corrected chi connectivity index (χ4v) is 2.98. The first-order valence-corrected chi connectivity index (χ1v) is 7.34. The summed E-state index contributed by atoms with van der Waals surface area (Å²) in [6.07, 6.45) is 1.03. The van der Waals surface area contributed by atoms with E-state index in [2.05, 4.69) is 29.9 Å². The third-order valence-electron chi connectivity index (χ3n) is 2.30. The van der Waals surface area contributed by atoms with Crippen LogP contribution >= 0.6 is 23.1 Å². The van der Waals surface area contributed by atoms with Crippen molar-refractivity contribution in [3.8, 4) is 0 Å². The summed E-state index contributed by atoms with van der Waals surface area (Å²) in [5, 5.41) is 1.01. The molecule has 0 bridgehead atoms. The molecule has 3 nitrogen and oxygen atoms in total. The van der Waals surface area contributed by atoms with Crippen LogP contribution < -0.4 is 5.73 Å². The molecule has 0 saturated carbocycles. The van der Waals surface area contributed by atoms with Crippen LogP contribution in [-0.2, 0) is 12.2 Å². The monoisotopic (exact) mass is 253 g/mol. The van der Waals surface area contributed by atoms with E-state index in [1.54, 1.807) is 11.3 Å². The summed E-state index contributed by atoms with van der Waals surface area (Å²) in [6, 6.07) is 2.10. The Morgan fingerprint density at radius 1 is 1.38 bits per heavy atom. The quantitative estimate of drug-likeness (QED) is 0.909. The predicted molar refractivity (Wildman–Crippen MR) is 73.0 cm³/mol. The minimum atomic E-state index is 0.618. The Kier molecular flexibility index (Phi) is 3.66. The molecular weight excluding hydrogens is 238 g/mol. The van der Waals surface area contributed by atoms with Crippen LogP contribution in [-0.4, -0.2) is 15.7 Å². The molecule has 0 spiro atoms. The third-order valence-corrected chi connectivity index (χ3v) is 4.35. The number of nitrogens with two attached hydrogens (primary N) is 1. The van der Waals surface area contributed by atoms with Crippen LogP contribution in [0.3, 0.4) is 0 Å². The summed E-state index contributed by atoms with van der Waals surface area (Å²) < 4.78 is 0. The molecule has 2 aromatic rings. The molecule has 2 rings (SSSR count). The molecule has 0 aliphatic rings. The van der Waals surface area contributed by atoms with Gasteiger partial charge in [-0.05, 0) is 18.2 Å². The average molecular weight is 253 g/mol. The zero-order chi connectivity index (χ0) is 11.5. The maximum Gasteiger partial charge on any atom is 0.142 e. The molecule has 0 aliphatic heterocycles. The first-order valence-electron chi connectivity index (χ1n) is 5.37. The van der Waals surface area contributed by atoms with Crippen LogP contribution in [0.1, 0.15) is 24.5 Å². The lowest BCUT2D eigenvalue weighted by molar-refractivity contribution is 1.08. The highest BCUT2D eigenvalue weighted by atomic mass is 32.2. The zero-order valence-corrected chi connectivity index (χ0v) is 11.1.